The van der Waals surface area contributed by atoms with Gasteiger partial charge in [0.1, 0.15) is 0 Å². The standard InChI is InChI=1S/2C9H7.2C6H7.2C3H6.2ClH.2Zr/c2*1-2-5-9-7-3-6-8(9)4-1;2*1-6-4-2-3-5-6;2*1-3-2;;;;/h2*1-7H;2*4-5H,2H2,1H3;2*1-2H3;2*1H;;/q4*-1;;;;;2*+2/p-2. The van der Waals surface area contributed by atoms with E-state index in [-0.39, 0.29) is 24.8 Å². The maximum absolute atomic E-state index is 3.05. The van der Waals surface area contributed by atoms with Crippen LogP contribution in [0.15, 0.2) is 120 Å². The normalized spacial score (nSPS) is 11.6. The van der Waals surface area contributed by atoms with Gasteiger partial charge in [-0.1, -0.05) is 12.1 Å². The SMILES string of the molecule is CC1=CC[C-]=C1.CC1=CC[C-]=C1.C[C](C)=[Zr+2].C[C](C)=[Zr+2].[Cl-].[Cl-].c1ccc2[cH-]ccc2c1.c1ccc2[cH-]ccc2c1. The summed E-state index contributed by atoms with van der Waals surface area (Å²) in [5, 5.41) is 5.32. The number of allylic oxidation sites excluding steroid dienone is 8. The van der Waals surface area contributed by atoms with E-state index in [2.05, 4.69) is 151 Å². The molecular formula is C36H40Cl2Zr2-2. The first-order valence-electron chi connectivity index (χ1n) is 12.9. The zero-order chi connectivity index (χ0) is 28.2. The van der Waals surface area contributed by atoms with E-state index in [0.29, 0.717) is 0 Å². The summed E-state index contributed by atoms with van der Waals surface area (Å²) in [6.45, 7) is 12.7. The molecule has 6 rings (SSSR count). The summed E-state index contributed by atoms with van der Waals surface area (Å²) in [6.07, 6.45) is 16.5. The molecule has 4 heteroatoms. The van der Waals surface area contributed by atoms with Gasteiger partial charge in [-0.3, -0.25) is 12.2 Å². The monoisotopic (exact) mass is 722 g/mol. The number of hydrogen-bond acceptors (Lipinski definition) is 0. The maximum Gasteiger partial charge on any atom is -0.0809 e. The van der Waals surface area contributed by atoms with Crippen LogP contribution < -0.4 is 24.8 Å². The Bertz CT molecular complexity index is 1180. The molecule has 4 aromatic carbocycles. The van der Waals surface area contributed by atoms with Gasteiger partial charge >= 0.3 is 82.6 Å². The third kappa shape index (κ3) is 21.5. The van der Waals surface area contributed by atoms with E-state index in [1.165, 1.54) is 39.1 Å². The van der Waals surface area contributed by atoms with Crippen molar-refractivity contribution in [1.82, 2.24) is 0 Å². The van der Waals surface area contributed by atoms with Gasteiger partial charge < -0.3 is 24.8 Å². The van der Waals surface area contributed by atoms with Gasteiger partial charge in [-0.25, -0.2) is 23.3 Å². The van der Waals surface area contributed by atoms with E-state index >= 15 is 0 Å². The van der Waals surface area contributed by atoms with Crippen LogP contribution in [0.25, 0.3) is 21.5 Å². The number of halogens is 2. The fourth-order valence-electron chi connectivity index (χ4n) is 3.14. The van der Waals surface area contributed by atoms with Gasteiger partial charge in [0.2, 0.25) is 0 Å². The first-order chi connectivity index (χ1) is 18.2. The predicted molar refractivity (Wildman–Crippen MR) is 164 cm³/mol. The number of hydrogen-bond donors (Lipinski definition) is 0. The number of fused-ring (bicyclic) bond motifs is 2. The predicted octanol–water partition coefficient (Wildman–Crippen LogP) is 4.01. The van der Waals surface area contributed by atoms with Crippen molar-refractivity contribution < 1.29 is 73.3 Å². The van der Waals surface area contributed by atoms with E-state index in [1.807, 2.05) is 12.2 Å². The summed E-state index contributed by atoms with van der Waals surface area (Å²) in [5.41, 5.74) is 2.69. The van der Waals surface area contributed by atoms with Crippen LogP contribution in [0.1, 0.15) is 54.4 Å². The summed E-state index contributed by atoms with van der Waals surface area (Å²) in [6, 6.07) is 29.3. The van der Waals surface area contributed by atoms with E-state index < -0.39 is 0 Å². The Kier molecular flexibility index (Phi) is 26.0. The molecule has 0 amide bonds. The quantitative estimate of drug-likeness (QED) is 0.241. The molecular weight excluding hydrogens is 686 g/mol. The molecule has 0 unspecified atom stereocenters. The molecule has 40 heavy (non-hydrogen) atoms. The van der Waals surface area contributed by atoms with E-state index in [1.54, 1.807) is 48.5 Å². The Hall–Kier alpha value is -1.29. The molecule has 0 aromatic heterocycles. The minimum atomic E-state index is 0. The molecule has 0 heterocycles. The van der Waals surface area contributed by atoms with Crippen molar-refractivity contribution in [2.24, 2.45) is 0 Å². The second-order valence-electron chi connectivity index (χ2n) is 9.31. The third-order valence-corrected chi connectivity index (χ3v) is 4.84. The van der Waals surface area contributed by atoms with E-state index in [9.17, 15) is 0 Å². The van der Waals surface area contributed by atoms with Crippen molar-refractivity contribution in [3.8, 4) is 0 Å². The Morgan fingerprint density at radius 2 is 0.925 bits per heavy atom. The molecule has 0 saturated carbocycles. The van der Waals surface area contributed by atoms with Crippen molar-refractivity contribution in [3.63, 3.8) is 0 Å². The molecule has 208 valence electrons. The van der Waals surface area contributed by atoms with Gasteiger partial charge in [0, 0.05) is 0 Å². The molecule has 0 saturated heterocycles. The van der Waals surface area contributed by atoms with E-state index in [4.69, 9.17) is 0 Å². The summed E-state index contributed by atoms with van der Waals surface area (Å²) in [5.74, 6) is 0. The van der Waals surface area contributed by atoms with Gasteiger partial charge in [0.15, 0.2) is 0 Å². The Morgan fingerprint density at radius 1 is 0.600 bits per heavy atom. The van der Waals surface area contributed by atoms with Crippen LogP contribution in [0.2, 0.25) is 0 Å². The van der Waals surface area contributed by atoms with Crippen LogP contribution >= 0.6 is 0 Å². The Morgan fingerprint density at radius 3 is 1.15 bits per heavy atom. The molecule has 0 spiro atoms. The molecule has 2 aliphatic rings. The molecule has 0 aliphatic heterocycles. The topological polar surface area (TPSA) is 0 Å². The van der Waals surface area contributed by atoms with Gasteiger partial charge in [0.25, 0.3) is 0 Å². The van der Waals surface area contributed by atoms with Gasteiger partial charge in [0.05, 0.1) is 0 Å². The molecule has 0 radical (unpaired) electrons. The second-order valence-corrected chi connectivity index (χ2v) is 14.2. The van der Waals surface area contributed by atoms with Crippen molar-refractivity contribution >= 4 is 28.0 Å². The number of benzene rings is 2. The molecule has 4 aromatic rings. The molecule has 0 fully saturated rings. The summed E-state index contributed by atoms with van der Waals surface area (Å²) >= 11 is 3.11. The van der Waals surface area contributed by atoms with Crippen LogP contribution in [-0.4, -0.2) is 6.41 Å². The van der Waals surface area contributed by atoms with Crippen LogP contribution in [0.5, 0.6) is 0 Å². The van der Waals surface area contributed by atoms with Gasteiger partial charge in [-0.2, -0.15) is 47.2 Å². The average molecular weight is 726 g/mol. The maximum atomic E-state index is 3.05. The molecule has 2 aliphatic carbocycles. The minimum absolute atomic E-state index is 0. The summed E-state index contributed by atoms with van der Waals surface area (Å²) in [4.78, 5) is 0. The second kappa shape index (κ2) is 25.4. The molecule has 0 bridgehead atoms. The fourth-order valence-corrected chi connectivity index (χ4v) is 3.14. The van der Waals surface area contributed by atoms with Crippen LogP contribution in [0.4, 0.5) is 0 Å². The van der Waals surface area contributed by atoms with Gasteiger partial charge in [-0.15, -0.1) is 86.0 Å². The largest absolute Gasteiger partial charge is 1.00 e. The van der Waals surface area contributed by atoms with Crippen LogP contribution in [0, 0.1) is 12.2 Å². The first kappa shape index (κ1) is 40.8. The molecule has 0 atom stereocenters. The molecule has 0 N–H and O–H groups in total. The smallest absolute Gasteiger partial charge is 0.0809 e. The first-order valence-corrected chi connectivity index (χ1v) is 15.4. The van der Waals surface area contributed by atoms with Crippen molar-refractivity contribution in [3.05, 3.63) is 133 Å². The van der Waals surface area contributed by atoms with Crippen LogP contribution in [0.3, 0.4) is 0 Å². The van der Waals surface area contributed by atoms with Crippen molar-refractivity contribution in [2.45, 2.75) is 54.4 Å². The van der Waals surface area contributed by atoms with E-state index in [0.717, 1.165) is 12.8 Å². The van der Waals surface area contributed by atoms with Gasteiger partial charge in [-0.05, 0) is 0 Å². The van der Waals surface area contributed by atoms with Crippen molar-refractivity contribution in [1.29, 1.82) is 0 Å². The molecule has 0 nitrogen and oxygen atoms in total. The average Bonchev–Trinajstić information content (AvgIpc) is 3.67. The minimum Gasteiger partial charge on any atom is -1.00 e. The van der Waals surface area contributed by atoms with Crippen LogP contribution in [-0.2, 0) is 48.5 Å². The van der Waals surface area contributed by atoms with Crippen molar-refractivity contribution in [2.75, 3.05) is 0 Å². The Balaban J connectivity index is 0. The Labute approximate surface area is 285 Å². The zero-order valence-corrected chi connectivity index (χ0v) is 31.0. The number of rotatable bonds is 0. The summed E-state index contributed by atoms with van der Waals surface area (Å²) in [7, 11) is 0. The third-order valence-electron chi connectivity index (χ3n) is 4.84. The summed E-state index contributed by atoms with van der Waals surface area (Å²) < 4.78 is 3.01. The fraction of sp³-hybridized carbons (Fsp3) is 0.222. The zero-order valence-electron chi connectivity index (χ0n) is 24.6.